The molecule has 76 valence electrons. The van der Waals surface area contributed by atoms with Crippen molar-refractivity contribution in [2.24, 2.45) is 0 Å². The predicted octanol–water partition coefficient (Wildman–Crippen LogP) is 2.92. The van der Waals surface area contributed by atoms with Crippen LogP contribution in [-0.4, -0.2) is 12.6 Å². The van der Waals surface area contributed by atoms with Crippen molar-refractivity contribution in [3.05, 3.63) is 32.6 Å². The van der Waals surface area contributed by atoms with Crippen LogP contribution in [0.5, 0.6) is 0 Å². The molecule has 0 spiro atoms. The molecule has 2 nitrogen and oxygen atoms in total. The van der Waals surface area contributed by atoms with Gasteiger partial charge in [-0.05, 0) is 54.1 Å². The molecule has 0 N–H and O–H groups in total. The van der Waals surface area contributed by atoms with Crippen LogP contribution in [0.15, 0.2) is 12.1 Å². The second-order valence-electron chi connectivity index (χ2n) is 2.78. The highest BCUT2D eigenvalue weighted by atomic mass is 127. The van der Waals surface area contributed by atoms with Crippen molar-refractivity contribution in [1.82, 2.24) is 0 Å². The summed E-state index contributed by atoms with van der Waals surface area (Å²) in [6.45, 7) is 3.79. The maximum atomic E-state index is 13.0. The molecule has 0 aliphatic carbocycles. The summed E-state index contributed by atoms with van der Waals surface area (Å²) in [5, 5.41) is 0. The molecule has 1 rings (SSSR count). The standard InChI is InChI=1S/C10H10FIO2/c1-3-14-10(13)8-4-7(11)5-9(12)6(8)2/h4-5H,3H2,1-2H3. The van der Waals surface area contributed by atoms with Gasteiger partial charge in [-0.2, -0.15) is 0 Å². The largest absolute Gasteiger partial charge is 0.462 e. The Kier molecular flexibility index (Phi) is 3.86. The van der Waals surface area contributed by atoms with E-state index in [9.17, 15) is 9.18 Å². The van der Waals surface area contributed by atoms with Crippen LogP contribution in [0.4, 0.5) is 4.39 Å². The number of halogens is 2. The minimum absolute atomic E-state index is 0.297. The quantitative estimate of drug-likeness (QED) is 0.620. The summed E-state index contributed by atoms with van der Waals surface area (Å²) in [5.74, 6) is -0.884. The highest BCUT2D eigenvalue weighted by molar-refractivity contribution is 14.1. The normalized spacial score (nSPS) is 10.0. The molecule has 14 heavy (non-hydrogen) atoms. The Hall–Kier alpha value is -0.650. The van der Waals surface area contributed by atoms with E-state index in [4.69, 9.17) is 4.74 Å². The van der Waals surface area contributed by atoms with Gasteiger partial charge in [0.1, 0.15) is 5.82 Å². The zero-order chi connectivity index (χ0) is 10.7. The third-order valence-corrected chi connectivity index (χ3v) is 2.92. The third-order valence-electron chi connectivity index (χ3n) is 1.80. The average Bonchev–Trinajstić information content (AvgIpc) is 2.11. The van der Waals surface area contributed by atoms with E-state index >= 15 is 0 Å². The maximum absolute atomic E-state index is 13.0. The maximum Gasteiger partial charge on any atom is 0.338 e. The van der Waals surface area contributed by atoms with Gasteiger partial charge in [-0.25, -0.2) is 9.18 Å². The van der Waals surface area contributed by atoms with Gasteiger partial charge >= 0.3 is 5.97 Å². The number of hydrogen-bond acceptors (Lipinski definition) is 2. The first-order valence-electron chi connectivity index (χ1n) is 4.19. The second-order valence-corrected chi connectivity index (χ2v) is 3.94. The topological polar surface area (TPSA) is 26.3 Å². The van der Waals surface area contributed by atoms with Gasteiger partial charge in [0, 0.05) is 3.57 Å². The third kappa shape index (κ3) is 2.43. The average molecular weight is 308 g/mol. The summed E-state index contributed by atoms with van der Waals surface area (Å²) in [5.41, 5.74) is 1.06. The second kappa shape index (κ2) is 4.72. The lowest BCUT2D eigenvalue weighted by atomic mass is 10.1. The Bertz CT molecular complexity index is 363. The number of benzene rings is 1. The summed E-state index contributed by atoms with van der Waals surface area (Å²) in [6, 6.07) is 2.59. The molecule has 0 amide bonds. The van der Waals surface area contributed by atoms with Crippen molar-refractivity contribution < 1.29 is 13.9 Å². The molecule has 1 aromatic carbocycles. The van der Waals surface area contributed by atoms with E-state index in [0.29, 0.717) is 12.2 Å². The van der Waals surface area contributed by atoms with E-state index in [0.717, 1.165) is 9.13 Å². The number of esters is 1. The molecule has 0 saturated carbocycles. The lowest BCUT2D eigenvalue weighted by Gasteiger charge is -2.07. The molecule has 1 aromatic rings. The molecule has 0 unspecified atom stereocenters. The summed E-state index contributed by atoms with van der Waals surface area (Å²) in [7, 11) is 0. The van der Waals surface area contributed by atoms with Crippen molar-refractivity contribution >= 4 is 28.6 Å². The molecule has 0 heterocycles. The van der Waals surface area contributed by atoms with Crippen LogP contribution in [0.3, 0.4) is 0 Å². The van der Waals surface area contributed by atoms with Gasteiger partial charge in [0.15, 0.2) is 0 Å². The summed E-state index contributed by atoms with van der Waals surface area (Å²) in [4.78, 5) is 11.4. The van der Waals surface area contributed by atoms with E-state index in [1.54, 1.807) is 13.8 Å². The molecule has 4 heteroatoms. The van der Waals surface area contributed by atoms with E-state index in [1.807, 2.05) is 22.6 Å². The SMILES string of the molecule is CCOC(=O)c1cc(F)cc(I)c1C. The van der Waals surface area contributed by atoms with E-state index < -0.39 is 11.8 Å². The first-order chi connectivity index (χ1) is 6.56. The molecule has 0 fully saturated rings. The van der Waals surface area contributed by atoms with Crippen molar-refractivity contribution in [2.75, 3.05) is 6.61 Å². The summed E-state index contributed by atoms with van der Waals surface area (Å²) < 4.78 is 18.5. The van der Waals surface area contributed by atoms with Crippen molar-refractivity contribution in [3.8, 4) is 0 Å². The van der Waals surface area contributed by atoms with Crippen molar-refractivity contribution in [2.45, 2.75) is 13.8 Å². The van der Waals surface area contributed by atoms with Gasteiger partial charge in [0.25, 0.3) is 0 Å². The van der Waals surface area contributed by atoms with Crippen LogP contribution in [-0.2, 0) is 4.74 Å². The molecule has 0 bridgehead atoms. The Balaban J connectivity index is 3.13. The first-order valence-corrected chi connectivity index (χ1v) is 5.27. The molecule has 0 saturated heterocycles. The minimum Gasteiger partial charge on any atom is -0.462 e. The number of hydrogen-bond donors (Lipinski definition) is 0. The number of carbonyl (C=O) groups excluding carboxylic acids is 1. The zero-order valence-electron chi connectivity index (χ0n) is 7.93. The number of rotatable bonds is 2. The lowest BCUT2D eigenvalue weighted by molar-refractivity contribution is 0.0525. The van der Waals surface area contributed by atoms with Crippen LogP contribution in [0.25, 0.3) is 0 Å². The van der Waals surface area contributed by atoms with Gasteiger partial charge < -0.3 is 4.74 Å². The fraction of sp³-hybridized carbons (Fsp3) is 0.300. The highest BCUT2D eigenvalue weighted by Crippen LogP contribution is 2.18. The summed E-state index contributed by atoms with van der Waals surface area (Å²) >= 11 is 1.99. The zero-order valence-corrected chi connectivity index (χ0v) is 10.1. The molecule has 0 aliphatic rings. The van der Waals surface area contributed by atoms with Crippen LogP contribution in [0.1, 0.15) is 22.8 Å². The van der Waals surface area contributed by atoms with E-state index in [-0.39, 0.29) is 0 Å². The van der Waals surface area contributed by atoms with E-state index in [1.165, 1.54) is 12.1 Å². The molecule has 0 aliphatic heterocycles. The van der Waals surface area contributed by atoms with Gasteiger partial charge in [-0.15, -0.1) is 0 Å². The van der Waals surface area contributed by atoms with Gasteiger partial charge in [0.2, 0.25) is 0 Å². The molecule has 0 radical (unpaired) electrons. The summed E-state index contributed by atoms with van der Waals surface area (Å²) in [6.07, 6.45) is 0. The highest BCUT2D eigenvalue weighted by Gasteiger charge is 2.13. The van der Waals surface area contributed by atoms with Crippen LogP contribution >= 0.6 is 22.6 Å². The van der Waals surface area contributed by atoms with Crippen LogP contribution < -0.4 is 0 Å². The fourth-order valence-electron chi connectivity index (χ4n) is 1.07. The Morgan fingerprint density at radius 2 is 2.21 bits per heavy atom. The lowest BCUT2D eigenvalue weighted by Crippen LogP contribution is -2.08. The van der Waals surface area contributed by atoms with Crippen LogP contribution in [0.2, 0.25) is 0 Å². The first kappa shape index (κ1) is 11.4. The number of carbonyl (C=O) groups is 1. The Morgan fingerprint density at radius 3 is 2.79 bits per heavy atom. The van der Waals surface area contributed by atoms with Gasteiger partial charge in [-0.1, -0.05) is 0 Å². The smallest absolute Gasteiger partial charge is 0.338 e. The monoisotopic (exact) mass is 308 g/mol. The van der Waals surface area contributed by atoms with Crippen molar-refractivity contribution in [1.29, 1.82) is 0 Å². The minimum atomic E-state index is -0.470. The molecular formula is C10H10FIO2. The van der Waals surface area contributed by atoms with Crippen LogP contribution in [0, 0.1) is 16.3 Å². The molecular weight excluding hydrogens is 298 g/mol. The van der Waals surface area contributed by atoms with E-state index in [2.05, 4.69) is 0 Å². The van der Waals surface area contributed by atoms with Crippen molar-refractivity contribution in [3.63, 3.8) is 0 Å². The Morgan fingerprint density at radius 1 is 1.57 bits per heavy atom. The Labute approximate surface area is 95.6 Å². The molecule has 0 atom stereocenters. The molecule has 0 aromatic heterocycles. The predicted molar refractivity (Wildman–Crippen MR) is 59.8 cm³/mol. The fourth-order valence-corrected chi connectivity index (χ4v) is 1.65. The van der Waals surface area contributed by atoms with Gasteiger partial charge in [0.05, 0.1) is 12.2 Å². The number of ether oxygens (including phenoxy) is 1. The van der Waals surface area contributed by atoms with Gasteiger partial charge in [-0.3, -0.25) is 0 Å².